The molecule has 1 amide bonds. The van der Waals surface area contributed by atoms with Crippen LogP contribution >= 0.6 is 0 Å². The summed E-state index contributed by atoms with van der Waals surface area (Å²) in [6, 6.07) is 26.0. The van der Waals surface area contributed by atoms with Gasteiger partial charge in [-0.1, -0.05) is 66.7 Å². The van der Waals surface area contributed by atoms with E-state index >= 15 is 0 Å². The molecule has 3 aromatic rings. The third-order valence-corrected chi connectivity index (χ3v) is 5.81. The number of ether oxygens (including phenoxy) is 1. The Balaban J connectivity index is 1.48. The Morgan fingerprint density at radius 1 is 0.938 bits per heavy atom. The molecular formula is C28H30N2O2. The van der Waals surface area contributed by atoms with Crippen molar-refractivity contribution in [3.63, 3.8) is 0 Å². The van der Waals surface area contributed by atoms with E-state index in [0.717, 1.165) is 29.0 Å². The van der Waals surface area contributed by atoms with Crippen molar-refractivity contribution in [2.75, 3.05) is 20.2 Å². The Bertz CT molecular complexity index is 1050. The van der Waals surface area contributed by atoms with E-state index in [0.29, 0.717) is 12.1 Å². The molecule has 0 saturated carbocycles. The number of nitrogens with one attached hydrogen (secondary N) is 1. The van der Waals surface area contributed by atoms with Gasteiger partial charge in [0.25, 0.3) is 5.91 Å². The lowest BCUT2D eigenvalue weighted by molar-refractivity contribution is -0.115. The zero-order chi connectivity index (χ0) is 22.2. The number of carbonyl (C=O) groups is 1. The molecule has 0 bridgehead atoms. The van der Waals surface area contributed by atoms with Crippen molar-refractivity contribution in [3.8, 4) is 5.75 Å². The topological polar surface area (TPSA) is 41.6 Å². The van der Waals surface area contributed by atoms with Gasteiger partial charge in [-0.05, 0) is 66.4 Å². The number of nitrogens with zero attached hydrogens (tertiary/aromatic N) is 1. The summed E-state index contributed by atoms with van der Waals surface area (Å²) >= 11 is 0. The van der Waals surface area contributed by atoms with Crippen LogP contribution in [0.3, 0.4) is 0 Å². The summed E-state index contributed by atoms with van der Waals surface area (Å²) in [4.78, 5) is 15.7. The zero-order valence-corrected chi connectivity index (χ0v) is 18.6. The van der Waals surface area contributed by atoms with Gasteiger partial charge < -0.3 is 10.1 Å². The van der Waals surface area contributed by atoms with Crippen LogP contribution in [0.5, 0.6) is 5.75 Å². The highest BCUT2D eigenvalue weighted by Gasteiger charge is 2.14. The van der Waals surface area contributed by atoms with Gasteiger partial charge in [0.05, 0.1) is 7.11 Å². The maximum atomic E-state index is 13.2. The fraction of sp³-hybridized carbons (Fsp3) is 0.250. The van der Waals surface area contributed by atoms with Crippen molar-refractivity contribution in [3.05, 3.63) is 101 Å². The Morgan fingerprint density at radius 2 is 1.66 bits per heavy atom. The van der Waals surface area contributed by atoms with Gasteiger partial charge in [0.1, 0.15) is 5.75 Å². The van der Waals surface area contributed by atoms with E-state index < -0.39 is 0 Å². The molecule has 4 nitrogen and oxygen atoms in total. The molecule has 0 aliphatic carbocycles. The summed E-state index contributed by atoms with van der Waals surface area (Å²) in [7, 11) is 1.65. The van der Waals surface area contributed by atoms with Gasteiger partial charge in [-0.25, -0.2) is 0 Å². The van der Waals surface area contributed by atoms with Crippen LogP contribution in [0.15, 0.2) is 78.9 Å². The molecular weight excluding hydrogens is 396 g/mol. The van der Waals surface area contributed by atoms with E-state index in [1.165, 1.54) is 31.5 Å². The van der Waals surface area contributed by atoms with Crippen LogP contribution in [0.25, 0.3) is 11.6 Å². The van der Waals surface area contributed by atoms with Crippen LogP contribution in [-0.2, 0) is 17.9 Å². The van der Waals surface area contributed by atoms with Crippen LogP contribution in [0.4, 0.5) is 0 Å². The third-order valence-electron chi connectivity index (χ3n) is 5.81. The molecule has 4 rings (SSSR count). The lowest BCUT2D eigenvalue weighted by Gasteiger charge is -2.15. The second-order valence-corrected chi connectivity index (χ2v) is 8.18. The van der Waals surface area contributed by atoms with Gasteiger partial charge >= 0.3 is 0 Å². The maximum Gasteiger partial charge on any atom is 0.252 e. The van der Waals surface area contributed by atoms with Gasteiger partial charge in [-0.2, -0.15) is 0 Å². The van der Waals surface area contributed by atoms with E-state index in [9.17, 15) is 4.79 Å². The molecule has 1 aliphatic heterocycles. The van der Waals surface area contributed by atoms with Crippen LogP contribution in [0.1, 0.15) is 35.1 Å². The summed E-state index contributed by atoms with van der Waals surface area (Å²) in [5.74, 6) is 0.707. The molecule has 1 heterocycles. The van der Waals surface area contributed by atoms with Gasteiger partial charge in [-0.3, -0.25) is 9.69 Å². The quantitative estimate of drug-likeness (QED) is 0.400. The summed E-state index contributed by atoms with van der Waals surface area (Å²) < 4.78 is 5.24. The number of likely N-dealkylation sites (tertiary alicyclic amines) is 1. The number of hydrogen-bond donors (Lipinski definition) is 1. The van der Waals surface area contributed by atoms with Gasteiger partial charge in [-0.15, -0.1) is 0 Å². The average molecular weight is 427 g/mol. The Hall–Kier alpha value is -3.37. The van der Waals surface area contributed by atoms with Gasteiger partial charge in [0, 0.05) is 18.7 Å². The molecule has 4 heteroatoms. The molecule has 0 atom stereocenters. The highest BCUT2D eigenvalue weighted by Crippen LogP contribution is 2.21. The summed E-state index contributed by atoms with van der Waals surface area (Å²) in [6.07, 6.45) is 4.50. The monoisotopic (exact) mass is 426 g/mol. The van der Waals surface area contributed by atoms with Crippen molar-refractivity contribution in [1.29, 1.82) is 0 Å². The molecule has 1 fully saturated rings. The molecule has 1 aliphatic rings. The lowest BCUT2D eigenvalue weighted by Crippen LogP contribution is -2.24. The fourth-order valence-corrected chi connectivity index (χ4v) is 4.08. The molecule has 164 valence electrons. The maximum absolute atomic E-state index is 13.2. The summed E-state index contributed by atoms with van der Waals surface area (Å²) in [6.45, 7) is 3.84. The third kappa shape index (κ3) is 5.86. The highest BCUT2D eigenvalue weighted by atomic mass is 16.5. The Morgan fingerprint density at radius 3 is 2.38 bits per heavy atom. The minimum Gasteiger partial charge on any atom is -0.497 e. The lowest BCUT2D eigenvalue weighted by atomic mass is 10.0. The Kier molecular flexibility index (Phi) is 7.36. The molecule has 1 N–H and O–H groups in total. The summed E-state index contributed by atoms with van der Waals surface area (Å²) in [5, 5.41) is 3.12. The molecule has 0 spiro atoms. The second kappa shape index (κ2) is 10.8. The fourth-order valence-electron chi connectivity index (χ4n) is 4.08. The predicted molar refractivity (Wildman–Crippen MR) is 130 cm³/mol. The van der Waals surface area contributed by atoms with Crippen LogP contribution < -0.4 is 10.1 Å². The van der Waals surface area contributed by atoms with Crippen molar-refractivity contribution in [2.24, 2.45) is 0 Å². The van der Waals surface area contributed by atoms with E-state index in [-0.39, 0.29) is 5.91 Å². The SMILES string of the molecule is COc1ccc(/C=C(/C(=O)NCc2cccc(CN3CCCC3)c2)c2ccccc2)cc1. The number of methoxy groups -OCH3 is 1. The number of hydrogen-bond acceptors (Lipinski definition) is 3. The van der Waals surface area contributed by atoms with Gasteiger partial charge in [0.2, 0.25) is 0 Å². The van der Waals surface area contributed by atoms with E-state index in [1.807, 2.05) is 60.7 Å². The number of benzene rings is 3. The zero-order valence-electron chi connectivity index (χ0n) is 18.6. The number of amides is 1. The summed E-state index contributed by atoms with van der Waals surface area (Å²) in [5.41, 5.74) is 4.91. The van der Waals surface area contributed by atoms with Crippen molar-refractivity contribution >= 4 is 17.6 Å². The second-order valence-electron chi connectivity index (χ2n) is 8.18. The smallest absolute Gasteiger partial charge is 0.252 e. The molecule has 3 aromatic carbocycles. The van der Waals surface area contributed by atoms with Crippen molar-refractivity contribution in [2.45, 2.75) is 25.9 Å². The molecule has 0 unspecified atom stereocenters. The van der Waals surface area contributed by atoms with Gasteiger partial charge in [0.15, 0.2) is 0 Å². The standard InChI is InChI=1S/C28H30N2O2/c1-32-26-14-12-22(13-15-26)19-27(25-10-3-2-4-11-25)28(31)29-20-23-8-7-9-24(18-23)21-30-16-5-6-17-30/h2-4,7-15,18-19H,5-6,16-17,20-21H2,1H3,(H,29,31)/b27-19+. The highest BCUT2D eigenvalue weighted by molar-refractivity contribution is 6.24. The molecule has 0 aromatic heterocycles. The van der Waals surface area contributed by atoms with Crippen LogP contribution in [0.2, 0.25) is 0 Å². The van der Waals surface area contributed by atoms with Crippen LogP contribution in [-0.4, -0.2) is 31.0 Å². The predicted octanol–water partition coefficient (Wildman–Crippen LogP) is 5.15. The van der Waals surface area contributed by atoms with Crippen molar-refractivity contribution < 1.29 is 9.53 Å². The normalized spacial score (nSPS) is 14.3. The van der Waals surface area contributed by atoms with E-state index in [4.69, 9.17) is 4.74 Å². The average Bonchev–Trinajstić information content (AvgIpc) is 3.35. The van der Waals surface area contributed by atoms with E-state index in [1.54, 1.807) is 7.11 Å². The van der Waals surface area contributed by atoms with E-state index in [2.05, 4.69) is 34.5 Å². The first kappa shape index (κ1) is 21.8. The number of carbonyl (C=O) groups excluding carboxylic acids is 1. The Labute approximate surface area is 190 Å². The molecule has 32 heavy (non-hydrogen) atoms. The minimum atomic E-state index is -0.0861. The first-order valence-electron chi connectivity index (χ1n) is 11.2. The first-order valence-corrected chi connectivity index (χ1v) is 11.2. The largest absolute Gasteiger partial charge is 0.497 e. The first-order chi connectivity index (χ1) is 15.7. The van der Waals surface area contributed by atoms with Crippen LogP contribution in [0, 0.1) is 0 Å². The minimum absolute atomic E-state index is 0.0861. The molecule has 0 radical (unpaired) electrons. The molecule has 1 saturated heterocycles. The van der Waals surface area contributed by atoms with Crippen molar-refractivity contribution in [1.82, 2.24) is 10.2 Å². The number of rotatable bonds is 8.